The highest BCUT2D eigenvalue weighted by molar-refractivity contribution is 5.17. The summed E-state index contributed by atoms with van der Waals surface area (Å²) in [6.45, 7) is 7.28. The first-order valence-electron chi connectivity index (χ1n) is 7.00. The fourth-order valence-corrected chi connectivity index (χ4v) is 2.19. The maximum absolute atomic E-state index is 13.2. The maximum Gasteiger partial charge on any atom is 0.123 e. The van der Waals surface area contributed by atoms with Crippen LogP contribution in [-0.4, -0.2) is 25.3 Å². The van der Waals surface area contributed by atoms with Crippen molar-refractivity contribution in [1.29, 1.82) is 0 Å². The van der Waals surface area contributed by atoms with E-state index in [2.05, 4.69) is 26.1 Å². The van der Waals surface area contributed by atoms with Crippen molar-refractivity contribution in [3.8, 4) is 0 Å². The lowest BCUT2D eigenvalue weighted by Gasteiger charge is -2.29. The Balaban J connectivity index is 2.68. The summed E-state index contributed by atoms with van der Waals surface area (Å²) in [6.07, 6.45) is 2.82. The molecule has 1 N–H and O–H groups in total. The van der Waals surface area contributed by atoms with E-state index in [-0.39, 0.29) is 11.4 Å². The third kappa shape index (κ3) is 6.17. The third-order valence-electron chi connectivity index (χ3n) is 3.34. The number of methoxy groups -OCH3 is 1. The standard InChI is InChI=1S/C16H26FNO/c1-5-9-18-15(12-16(2,3)19-4)11-13-7-6-8-14(17)10-13/h6-8,10,15,18H,5,9,11-12H2,1-4H3. The Kier molecular flexibility index (Phi) is 6.46. The fourth-order valence-electron chi connectivity index (χ4n) is 2.19. The first-order chi connectivity index (χ1) is 8.96. The molecule has 0 radical (unpaired) electrons. The van der Waals surface area contributed by atoms with E-state index in [4.69, 9.17) is 4.74 Å². The largest absolute Gasteiger partial charge is 0.379 e. The summed E-state index contributed by atoms with van der Waals surface area (Å²) in [4.78, 5) is 0. The second kappa shape index (κ2) is 7.61. The van der Waals surface area contributed by atoms with Crippen molar-refractivity contribution in [3.63, 3.8) is 0 Å². The third-order valence-corrected chi connectivity index (χ3v) is 3.34. The molecule has 19 heavy (non-hydrogen) atoms. The zero-order valence-electron chi connectivity index (χ0n) is 12.5. The first-order valence-corrected chi connectivity index (χ1v) is 7.00. The lowest BCUT2D eigenvalue weighted by atomic mass is 9.94. The van der Waals surface area contributed by atoms with Crippen LogP contribution in [0.1, 0.15) is 39.2 Å². The molecule has 108 valence electrons. The minimum atomic E-state index is -0.169. The Hall–Kier alpha value is -0.930. The van der Waals surface area contributed by atoms with Crippen LogP contribution in [0.5, 0.6) is 0 Å². The van der Waals surface area contributed by atoms with Crippen molar-refractivity contribution in [2.75, 3.05) is 13.7 Å². The van der Waals surface area contributed by atoms with Crippen LogP contribution >= 0.6 is 0 Å². The summed E-state index contributed by atoms with van der Waals surface area (Å²) in [6, 6.07) is 7.14. The molecule has 0 aromatic heterocycles. The van der Waals surface area contributed by atoms with Crippen molar-refractivity contribution < 1.29 is 9.13 Å². The van der Waals surface area contributed by atoms with Crippen LogP contribution < -0.4 is 5.32 Å². The van der Waals surface area contributed by atoms with Crippen molar-refractivity contribution in [3.05, 3.63) is 35.6 Å². The Morgan fingerprint density at radius 1 is 1.37 bits per heavy atom. The van der Waals surface area contributed by atoms with E-state index >= 15 is 0 Å². The Morgan fingerprint density at radius 3 is 2.68 bits per heavy atom. The normalized spacial score (nSPS) is 13.5. The van der Waals surface area contributed by atoms with Crippen LogP contribution in [0.15, 0.2) is 24.3 Å². The van der Waals surface area contributed by atoms with Gasteiger partial charge in [0.25, 0.3) is 0 Å². The highest BCUT2D eigenvalue weighted by atomic mass is 19.1. The van der Waals surface area contributed by atoms with Crippen molar-refractivity contribution in [1.82, 2.24) is 5.32 Å². The average molecular weight is 267 g/mol. The Bertz CT molecular complexity index is 379. The van der Waals surface area contributed by atoms with Gasteiger partial charge in [0.2, 0.25) is 0 Å². The van der Waals surface area contributed by atoms with Crippen LogP contribution in [0.2, 0.25) is 0 Å². The smallest absolute Gasteiger partial charge is 0.123 e. The topological polar surface area (TPSA) is 21.3 Å². The lowest BCUT2D eigenvalue weighted by Crippen LogP contribution is -2.39. The maximum atomic E-state index is 13.2. The van der Waals surface area contributed by atoms with E-state index in [0.717, 1.165) is 31.4 Å². The molecule has 0 saturated heterocycles. The van der Waals surface area contributed by atoms with Crippen LogP contribution in [0.3, 0.4) is 0 Å². The van der Waals surface area contributed by atoms with E-state index in [1.807, 2.05) is 6.07 Å². The van der Waals surface area contributed by atoms with E-state index in [9.17, 15) is 4.39 Å². The molecule has 0 spiro atoms. The predicted molar refractivity (Wildman–Crippen MR) is 77.9 cm³/mol. The van der Waals surface area contributed by atoms with Gasteiger partial charge < -0.3 is 10.1 Å². The van der Waals surface area contributed by atoms with E-state index < -0.39 is 0 Å². The highest BCUT2D eigenvalue weighted by Crippen LogP contribution is 2.18. The van der Waals surface area contributed by atoms with Gasteiger partial charge in [-0.3, -0.25) is 0 Å². The molecule has 2 nitrogen and oxygen atoms in total. The van der Waals surface area contributed by atoms with Gasteiger partial charge in [-0.15, -0.1) is 0 Å². The lowest BCUT2D eigenvalue weighted by molar-refractivity contribution is 0.00714. The molecule has 0 saturated carbocycles. The monoisotopic (exact) mass is 267 g/mol. The first kappa shape index (κ1) is 16.1. The summed E-state index contributed by atoms with van der Waals surface area (Å²) in [5, 5.41) is 3.53. The summed E-state index contributed by atoms with van der Waals surface area (Å²) in [5.41, 5.74) is 0.860. The van der Waals surface area contributed by atoms with Crippen molar-refractivity contribution in [2.24, 2.45) is 0 Å². The number of ether oxygens (including phenoxy) is 1. The van der Waals surface area contributed by atoms with Gasteiger partial charge in [-0.1, -0.05) is 19.1 Å². The van der Waals surface area contributed by atoms with Gasteiger partial charge >= 0.3 is 0 Å². The van der Waals surface area contributed by atoms with Gasteiger partial charge in [-0.25, -0.2) is 4.39 Å². The molecule has 0 fully saturated rings. The van der Waals surface area contributed by atoms with Gasteiger partial charge in [0.05, 0.1) is 5.60 Å². The number of nitrogens with one attached hydrogen (secondary N) is 1. The van der Waals surface area contributed by atoms with Gasteiger partial charge in [0.1, 0.15) is 5.82 Å². The molecular weight excluding hydrogens is 241 g/mol. The zero-order chi connectivity index (χ0) is 14.3. The fraction of sp³-hybridized carbons (Fsp3) is 0.625. The van der Waals surface area contributed by atoms with Crippen LogP contribution in [0, 0.1) is 5.82 Å². The molecule has 1 unspecified atom stereocenters. The molecule has 1 rings (SSSR count). The SMILES string of the molecule is CCCNC(Cc1cccc(F)c1)CC(C)(C)OC. The van der Waals surface area contributed by atoms with Gasteiger partial charge in [0.15, 0.2) is 0 Å². The van der Waals surface area contributed by atoms with Gasteiger partial charge in [-0.2, -0.15) is 0 Å². The second-order valence-electron chi connectivity index (χ2n) is 5.65. The Morgan fingerprint density at radius 2 is 2.11 bits per heavy atom. The predicted octanol–water partition coefficient (Wildman–Crippen LogP) is 3.55. The van der Waals surface area contributed by atoms with Crippen molar-refractivity contribution >= 4 is 0 Å². The summed E-state index contributed by atoms with van der Waals surface area (Å²) < 4.78 is 18.7. The average Bonchev–Trinajstić information content (AvgIpc) is 2.35. The van der Waals surface area contributed by atoms with Gasteiger partial charge in [0, 0.05) is 13.2 Å². The molecule has 3 heteroatoms. The highest BCUT2D eigenvalue weighted by Gasteiger charge is 2.22. The summed E-state index contributed by atoms with van der Waals surface area (Å²) in [5.74, 6) is -0.169. The van der Waals surface area contributed by atoms with E-state index in [1.54, 1.807) is 19.2 Å². The molecule has 1 aromatic carbocycles. The molecule has 0 aliphatic rings. The number of benzene rings is 1. The molecule has 0 bridgehead atoms. The second-order valence-corrected chi connectivity index (χ2v) is 5.65. The molecule has 1 atom stereocenters. The zero-order valence-corrected chi connectivity index (χ0v) is 12.5. The summed E-state index contributed by atoms with van der Waals surface area (Å²) >= 11 is 0. The minimum Gasteiger partial charge on any atom is -0.379 e. The van der Waals surface area contributed by atoms with Gasteiger partial charge in [-0.05, 0) is 57.4 Å². The molecule has 0 amide bonds. The quantitative estimate of drug-likeness (QED) is 0.777. The number of rotatable bonds is 8. The van der Waals surface area contributed by atoms with Crippen molar-refractivity contribution in [2.45, 2.75) is 51.7 Å². The number of hydrogen-bond acceptors (Lipinski definition) is 2. The van der Waals surface area contributed by atoms with Crippen LogP contribution in [0.25, 0.3) is 0 Å². The van der Waals surface area contributed by atoms with Crippen LogP contribution in [-0.2, 0) is 11.2 Å². The number of hydrogen-bond donors (Lipinski definition) is 1. The van der Waals surface area contributed by atoms with E-state index in [1.165, 1.54) is 6.07 Å². The minimum absolute atomic E-state index is 0.168. The van der Waals surface area contributed by atoms with E-state index in [0.29, 0.717) is 6.04 Å². The van der Waals surface area contributed by atoms with Crippen LogP contribution in [0.4, 0.5) is 4.39 Å². The molecular formula is C16H26FNO. The molecule has 0 aliphatic carbocycles. The number of halogens is 1. The molecule has 0 heterocycles. The molecule has 0 aliphatic heterocycles. The molecule has 1 aromatic rings. The summed E-state index contributed by atoms with van der Waals surface area (Å²) in [7, 11) is 1.74. The Labute approximate surface area is 116 Å².